The Morgan fingerprint density at radius 1 is 1.12 bits per heavy atom. The van der Waals surface area contributed by atoms with Crippen molar-refractivity contribution < 1.29 is 33.0 Å². The third-order valence-corrected chi connectivity index (χ3v) is 7.22. The summed E-state index contributed by atoms with van der Waals surface area (Å²) in [5, 5.41) is 14.1. The number of benzene rings is 3. The van der Waals surface area contributed by atoms with Crippen LogP contribution in [-0.2, 0) is 9.53 Å². The fraction of sp³-hybridized carbons (Fsp3) is 0.273. The second-order valence-electron chi connectivity index (χ2n) is 10.5. The molecule has 1 atom stereocenters. The molecule has 0 saturated heterocycles. The molecule has 3 aromatic carbocycles. The molecule has 42 heavy (non-hydrogen) atoms. The fourth-order valence-electron chi connectivity index (χ4n) is 4.70. The van der Waals surface area contributed by atoms with Crippen molar-refractivity contribution in [1.29, 1.82) is 0 Å². The molecule has 4 rings (SSSR count). The van der Waals surface area contributed by atoms with E-state index in [1.807, 2.05) is 20.8 Å². The van der Waals surface area contributed by atoms with Crippen molar-refractivity contribution in [2.24, 2.45) is 5.41 Å². The van der Waals surface area contributed by atoms with Gasteiger partial charge >= 0.3 is 0 Å². The quantitative estimate of drug-likeness (QED) is 0.161. The lowest BCUT2D eigenvalue weighted by molar-refractivity contribution is -0.125. The van der Waals surface area contributed by atoms with Gasteiger partial charge in [-0.2, -0.15) is 0 Å². The number of fused-ring (bicyclic) bond motifs is 1. The van der Waals surface area contributed by atoms with Crippen LogP contribution in [0.25, 0.3) is 0 Å². The number of carbonyl (C=O) groups excluding carboxylic acids is 2. The number of anilines is 2. The van der Waals surface area contributed by atoms with Crippen LogP contribution >= 0.6 is 0 Å². The third kappa shape index (κ3) is 6.23. The van der Waals surface area contributed by atoms with Gasteiger partial charge in [0, 0.05) is 11.6 Å². The zero-order chi connectivity index (χ0) is 30.4. The van der Waals surface area contributed by atoms with Gasteiger partial charge in [-0.1, -0.05) is 51.3 Å². The Labute approximate surface area is 243 Å². The van der Waals surface area contributed by atoms with E-state index in [1.165, 1.54) is 42.5 Å². The Bertz CT molecular complexity index is 1590. The smallest absolute Gasteiger partial charge is 0.298 e. The summed E-state index contributed by atoms with van der Waals surface area (Å²) in [5.41, 5.74) is -0.0765. The summed E-state index contributed by atoms with van der Waals surface area (Å²) in [5.74, 6) is 2.95. The number of nitrogens with one attached hydrogen (secondary N) is 1. The molecule has 1 unspecified atom stereocenters. The van der Waals surface area contributed by atoms with Gasteiger partial charge in [0.2, 0.25) is 0 Å². The third-order valence-electron chi connectivity index (χ3n) is 7.22. The first-order valence-corrected chi connectivity index (χ1v) is 13.4. The van der Waals surface area contributed by atoms with Gasteiger partial charge in [0.05, 0.1) is 16.9 Å². The number of halogens is 2. The summed E-state index contributed by atoms with van der Waals surface area (Å²) in [7, 11) is 0. The summed E-state index contributed by atoms with van der Waals surface area (Å²) in [4.78, 5) is 27.3. The topological polar surface area (TPSA) is 88.1 Å². The number of allylic oxidation sites excluding steroid dienone is 1. The molecule has 0 fully saturated rings. The maximum Gasteiger partial charge on any atom is 0.298 e. The lowest BCUT2D eigenvalue weighted by Gasteiger charge is -2.33. The Balaban J connectivity index is 2.05. The number of para-hydroxylation sites is 1. The van der Waals surface area contributed by atoms with Crippen molar-refractivity contribution in [3.8, 4) is 23.3 Å². The van der Waals surface area contributed by atoms with E-state index in [1.54, 1.807) is 13.0 Å². The van der Waals surface area contributed by atoms with E-state index in [2.05, 4.69) is 17.2 Å². The van der Waals surface area contributed by atoms with Crippen LogP contribution < -0.4 is 15.0 Å². The second-order valence-corrected chi connectivity index (χ2v) is 10.5. The number of aromatic hydroxyl groups is 1. The maximum absolute atomic E-state index is 16.0. The number of amides is 1. The number of ether oxygens (including phenoxy) is 2. The van der Waals surface area contributed by atoms with Gasteiger partial charge in [-0.25, -0.2) is 8.78 Å². The van der Waals surface area contributed by atoms with Crippen LogP contribution in [0.15, 0.2) is 72.1 Å². The predicted molar refractivity (Wildman–Crippen MR) is 156 cm³/mol. The Hall–Kier alpha value is -4.84. The molecule has 9 heteroatoms. The number of hydrogen-bond donors (Lipinski definition) is 2. The Morgan fingerprint density at radius 3 is 2.55 bits per heavy atom. The molecule has 7 nitrogen and oxygen atoms in total. The largest absolute Gasteiger partial charge is 0.506 e. The van der Waals surface area contributed by atoms with Crippen LogP contribution in [0.1, 0.15) is 62.5 Å². The number of hydrogen-bond acceptors (Lipinski definition) is 6. The predicted octanol–water partition coefficient (Wildman–Crippen LogP) is 7.10. The van der Waals surface area contributed by atoms with Crippen LogP contribution in [0.2, 0.25) is 0 Å². The average Bonchev–Trinajstić information content (AvgIpc) is 3.09. The molecule has 0 aliphatic carbocycles. The Kier molecular flexibility index (Phi) is 9.16. The zero-order valence-electron chi connectivity index (χ0n) is 23.8. The highest BCUT2D eigenvalue weighted by atomic mass is 19.1. The van der Waals surface area contributed by atoms with Crippen LogP contribution in [-0.4, -0.2) is 24.1 Å². The molecule has 0 spiro atoms. The van der Waals surface area contributed by atoms with E-state index in [9.17, 15) is 14.7 Å². The van der Waals surface area contributed by atoms with Gasteiger partial charge < -0.3 is 19.9 Å². The summed E-state index contributed by atoms with van der Waals surface area (Å²) in [6.07, 6.45) is 1.03. The number of phenols is 1. The maximum atomic E-state index is 16.0. The van der Waals surface area contributed by atoms with Gasteiger partial charge in [-0.3, -0.25) is 14.5 Å². The van der Waals surface area contributed by atoms with Crippen molar-refractivity contribution in [3.05, 3.63) is 94.9 Å². The molecule has 0 radical (unpaired) electrons. The molecule has 218 valence electrons. The fourth-order valence-corrected chi connectivity index (χ4v) is 4.70. The van der Waals surface area contributed by atoms with E-state index in [0.29, 0.717) is 12.1 Å². The molecule has 3 aromatic rings. The summed E-state index contributed by atoms with van der Waals surface area (Å²) in [6, 6.07) is 12.6. The average molecular weight is 575 g/mol. The molecule has 2 N–H and O–H groups in total. The first kappa shape index (κ1) is 30.1. The van der Waals surface area contributed by atoms with E-state index < -0.39 is 23.6 Å². The number of phenolic OH excluding ortho intramolecular Hbond substituents is 1. The van der Waals surface area contributed by atoms with Crippen molar-refractivity contribution in [2.75, 3.05) is 16.8 Å². The van der Waals surface area contributed by atoms with Gasteiger partial charge in [-0.15, -0.1) is 5.92 Å². The summed E-state index contributed by atoms with van der Waals surface area (Å²) < 4.78 is 42.1. The minimum absolute atomic E-state index is 0.0445. The highest BCUT2D eigenvalue weighted by Gasteiger charge is 2.41. The lowest BCUT2D eigenvalue weighted by atomic mass is 9.84. The highest BCUT2D eigenvalue weighted by Crippen LogP contribution is 2.48. The molecular formula is C33H32F2N2O5. The minimum Gasteiger partial charge on any atom is -0.506 e. The summed E-state index contributed by atoms with van der Waals surface area (Å²) in [6.45, 7) is 7.89. The van der Waals surface area contributed by atoms with E-state index in [4.69, 9.17) is 9.47 Å². The first-order valence-electron chi connectivity index (χ1n) is 13.4. The van der Waals surface area contributed by atoms with E-state index >= 15 is 8.78 Å². The van der Waals surface area contributed by atoms with Crippen molar-refractivity contribution in [1.82, 2.24) is 0 Å². The second kappa shape index (κ2) is 12.8. The van der Waals surface area contributed by atoms with Gasteiger partial charge in [0.1, 0.15) is 41.5 Å². The van der Waals surface area contributed by atoms with E-state index in [-0.39, 0.29) is 58.3 Å². The lowest BCUT2D eigenvalue weighted by Crippen LogP contribution is -2.37. The highest BCUT2D eigenvalue weighted by molar-refractivity contribution is 6.09. The normalized spacial score (nSPS) is 14.6. The molecule has 0 aromatic heterocycles. The van der Waals surface area contributed by atoms with Gasteiger partial charge in [0.15, 0.2) is 5.76 Å². The van der Waals surface area contributed by atoms with Crippen LogP contribution in [0.4, 0.5) is 20.2 Å². The van der Waals surface area contributed by atoms with Crippen LogP contribution in [0, 0.1) is 28.9 Å². The van der Waals surface area contributed by atoms with Crippen LogP contribution in [0.3, 0.4) is 0 Å². The van der Waals surface area contributed by atoms with Crippen LogP contribution in [0.5, 0.6) is 11.5 Å². The number of nitrogens with zero attached hydrogens (tertiary/aromatic N) is 1. The zero-order valence-corrected chi connectivity index (χ0v) is 23.8. The first-order chi connectivity index (χ1) is 20.1. The number of carbonyl (C=O) groups is 2. The molecule has 1 aliphatic heterocycles. The molecular weight excluding hydrogens is 542 g/mol. The van der Waals surface area contributed by atoms with Crippen molar-refractivity contribution >= 4 is 23.8 Å². The molecule has 0 bridgehead atoms. The SMILES string of the molecule is CC#CCOc1ccc(C2C(OC=O)=C(CC(C)(C)CC)Nc3c(O)cccc3N2C(=O)c2ccccc2F)c(F)c1. The molecule has 1 amide bonds. The Morgan fingerprint density at radius 2 is 1.88 bits per heavy atom. The van der Waals surface area contributed by atoms with E-state index in [0.717, 1.165) is 23.5 Å². The number of rotatable bonds is 9. The van der Waals surface area contributed by atoms with Crippen molar-refractivity contribution in [3.63, 3.8) is 0 Å². The van der Waals surface area contributed by atoms with Gasteiger partial charge in [0.25, 0.3) is 12.4 Å². The summed E-state index contributed by atoms with van der Waals surface area (Å²) >= 11 is 0. The monoisotopic (exact) mass is 574 g/mol. The molecule has 0 saturated carbocycles. The molecule has 1 heterocycles. The van der Waals surface area contributed by atoms with Gasteiger partial charge in [-0.05, 0) is 55.2 Å². The minimum atomic E-state index is -1.38. The standard InChI is InChI=1S/C33H32F2N2O5/c1-5-7-17-41-21-15-16-22(25(35)18-21)30-31(42-20-38)26(19-33(3,4)6-2)36-29-27(13-10-14-28(29)39)37(30)32(40)23-11-8-9-12-24(23)34/h8-16,18,20,30,36,39H,6,17,19H2,1-4H3. The molecule has 1 aliphatic rings. The van der Waals surface area contributed by atoms with Crippen molar-refractivity contribution in [2.45, 2.75) is 46.6 Å².